The number of nitrogens with zero attached hydrogens (tertiary/aromatic N) is 2. The average molecular weight is 419 g/mol. The number of fused-ring (bicyclic) bond motifs is 2. The summed E-state index contributed by atoms with van der Waals surface area (Å²) < 4.78 is 44.3. The summed E-state index contributed by atoms with van der Waals surface area (Å²) in [6.07, 6.45) is -1.11. The Morgan fingerprint density at radius 1 is 1.07 bits per heavy atom. The van der Waals surface area contributed by atoms with Gasteiger partial charge in [-0.15, -0.1) is 0 Å². The molecule has 0 unspecified atom stereocenters. The molecule has 2 aromatic rings. The smallest absolute Gasteiger partial charge is 0.406 e. The van der Waals surface area contributed by atoms with Gasteiger partial charge < -0.3 is 15.0 Å². The first kappa shape index (κ1) is 20.5. The van der Waals surface area contributed by atoms with Crippen LogP contribution in [0.15, 0.2) is 30.3 Å². The Labute approximate surface area is 173 Å². The average Bonchev–Trinajstić information content (AvgIpc) is 2.85. The number of carbonyl (C=O) groups excluding carboxylic acids is 1. The first-order valence-electron chi connectivity index (χ1n) is 10.2. The number of anilines is 1. The van der Waals surface area contributed by atoms with E-state index in [9.17, 15) is 18.0 Å². The first-order valence-corrected chi connectivity index (χ1v) is 10.2. The van der Waals surface area contributed by atoms with Crippen LogP contribution in [0.25, 0.3) is 0 Å². The minimum absolute atomic E-state index is 0.0527. The normalized spacial score (nSPS) is 16.4. The molecule has 0 saturated carbocycles. The highest BCUT2D eigenvalue weighted by Crippen LogP contribution is 2.27. The van der Waals surface area contributed by atoms with Crippen LogP contribution in [0.4, 0.5) is 19.0 Å². The number of carbonyl (C=O) groups is 1. The van der Waals surface area contributed by atoms with Gasteiger partial charge >= 0.3 is 6.18 Å². The van der Waals surface area contributed by atoms with Crippen LogP contribution in [0, 0.1) is 0 Å². The van der Waals surface area contributed by atoms with E-state index >= 15 is 0 Å². The van der Waals surface area contributed by atoms with E-state index in [0.717, 1.165) is 41.4 Å². The number of ether oxygens (including phenoxy) is 1. The van der Waals surface area contributed by atoms with Crippen molar-refractivity contribution in [3.8, 4) is 5.75 Å². The molecule has 0 fully saturated rings. The van der Waals surface area contributed by atoms with Crippen molar-refractivity contribution in [1.82, 2.24) is 9.88 Å². The van der Waals surface area contributed by atoms with Crippen molar-refractivity contribution in [2.45, 2.75) is 44.8 Å². The summed E-state index contributed by atoms with van der Waals surface area (Å²) in [5.41, 5.74) is 3.76. The molecule has 4 rings (SSSR count). The Kier molecular flexibility index (Phi) is 5.83. The van der Waals surface area contributed by atoms with Crippen LogP contribution in [0.5, 0.6) is 5.75 Å². The van der Waals surface area contributed by atoms with Crippen molar-refractivity contribution in [3.05, 3.63) is 52.7 Å². The lowest BCUT2D eigenvalue weighted by molar-refractivity contribution is -0.162. The summed E-state index contributed by atoms with van der Waals surface area (Å²) in [6, 6.07) is 9.51. The van der Waals surface area contributed by atoms with Gasteiger partial charge in [-0.25, -0.2) is 4.98 Å². The lowest BCUT2D eigenvalue weighted by atomic mass is 10.0. The minimum atomic E-state index is -4.41. The molecule has 0 spiro atoms. The molecule has 5 nitrogen and oxygen atoms in total. The minimum Gasteiger partial charge on any atom is -0.493 e. The van der Waals surface area contributed by atoms with Crippen LogP contribution in [-0.2, 0) is 30.6 Å². The van der Waals surface area contributed by atoms with E-state index in [2.05, 4.69) is 16.4 Å². The van der Waals surface area contributed by atoms with Gasteiger partial charge in [0.05, 0.1) is 6.61 Å². The molecule has 1 aromatic heterocycles. The molecular weight excluding hydrogens is 395 g/mol. The van der Waals surface area contributed by atoms with Gasteiger partial charge in [-0.05, 0) is 54.2 Å². The number of benzene rings is 1. The highest BCUT2D eigenvalue weighted by molar-refractivity contribution is 5.77. The fourth-order valence-electron chi connectivity index (χ4n) is 3.92. The Morgan fingerprint density at radius 3 is 2.73 bits per heavy atom. The largest absolute Gasteiger partial charge is 0.493 e. The van der Waals surface area contributed by atoms with Gasteiger partial charge in [0.1, 0.15) is 18.1 Å². The van der Waals surface area contributed by atoms with Gasteiger partial charge in [0.2, 0.25) is 5.91 Å². The molecule has 1 aromatic carbocycles. The van der Waals surface area contributed by atoms with E-state index < -0.39 is 18.6 Å². The number of hydrogen-bond acceptors (Lipinski definition) is 4. The molecule has 1 N–H and O–H groups in total. The van der Waals surface area contributed by atoms with Gasteiger partial charge in [0, 0.05) is 31.6 Å². The number of alkyl halides is 3. The van der Waals surface area contributed by atoms with Gasteiger partial charge in [-0.3, -0.25) is 4.79 Å². The van der Waals surface area contributed by atoms with E-state index in [-0.39, 0.29) is 13.0 Å². The summed E-state index contributed by atoms with van der Waals surface area (Å²) >= 11 is 0. The monoisotopic (exact) mass is 419 g/mol. The number of halogens is 3. The van der Waals surface area contributed by atoms with Crippen LogP contribution >= 0.6 is 0 Å². The van der Waals surface area contributed by atoms with Crippen molar-refractivity contribution in [3.63, 3.8) is 0 Å². The molecule has 160 valence electrons. The Balaban J connectivity index is 1.39. The first-order chi connectivity index (χ1) is 14.4. The van der Waals surface area contributed by atoms with Gasteiger partial charge in [0.25, 0.3) is 0 Å². The van der Waals surface area contributed by atoms with Crippen molar-refractivity contribution >= 4 is 11.7 Å². The number of nitrogens with one attached hydrogen (secondary N) is 1. The molecular formula is C22H24F3N3O2. The fraction of sp³-hybridized carbons (Fsp3) is 0.455. The summed E-state index contributed by atoms with van der Waals surface area (Å²) in [5, 5.41) is 3.31. The van der Waals surface area contributed by atoms with E-state index in [1.54, 1.807) is 6.07 Å². The topological polar surface area (TPSA) is 54.5 Å². The van der Waals surface area contributed by atoms with Gasteiger partial charge in [-0.1, -0.05) is 12.1 Å². The van der Waals surface area contributed by atoms with Crippen molar-refractivity contribution in [1.29, 1.82) is 0 Å². The highest BCUT2D eigenvalue weighted by atomic mass is 19.4. The van der Waals surface area contributed by atoms with Crippen LogP contribution in [0.2, 0.25) is 0 Å². The zero-order valence-corrected chi connectivity index (χ0v) is 16.6. The number of aryl methyl sites for hydroxylation is 2. The lowest BCUT2D eigenvalue weighted by Crippen LogP contribution is -2.37. The second kappa shape index (κ2) is 8.53. The van der Waals surface area contributed by atoms with Crippen LogP contribution < -0.4 is 10.1 Å². The summed E-state index contributed by atoms with van der Waals surface area (Å²) in [7, 11) is 0. The highest BCUT2D eigenvalue weighted by Gasteiger charge is 2.34. The maximum Gasteiger partial charge on any atom is 0.406 e. The van der Waals surface area contributed by atoms with E-state index in [1.165, 1.54) is 5.56 Å². The predicted molar refractivity (Wildman–Crippen MR) is 106 cm³/mol. The number of hydrogen-bond donors (Lipinski definition) is 1. The zero-order valence-electron chi connectivity index (χ0n) is 16.6. The third kappa shape index (κ3) is 5.04. The van der Waals surface area contributed by atoms with Crippen LogP contribution in [0.1, 0.15) is 35.2 Å². The number of rotatable bonds is 5. The maximum atomic E-state index is 12.8. The second-order valence-electron chi connectivity index (χ2n) is 7.73. The number of pyridine rings is 1. The Morgan fingerprint density at radius 2 is 1.90 bits per heavy atom. The van der Waals surface area contributed by atoms with Crippen molar-refractivity contribution in [2.75, 3.05) is 25.0 Å². The SMILES string of the molecule is O=C1CCc2ccc(OCCc3ccc4c(n3)NCCC4)cc2CN1CC(F)(F)F. The predicted octanol–water partition coefficient (Wildman–Crippen LogP) is 3.90. The lowest BCUT2D eigenvalue weighted by Gasteiger charge is -2.22. The Hall–Kier alpha value is -2.77. The van der Waals surface area contributed by atoms with Crippen molar-refractivity contribution in [2.24, 2.45) is 0 Å². The van der Waals surface area contributed by atoms with E-state index in [4.69, 9.17) is 4.74 Å². The summed E-state index contributed by atoms with van der Waals surface area (Å²) in [4.78, 5) is 17.6. The molecule has 3 heterocycles. The molecule has 0 bridgehead atoms. The molecule has 2 aliphatic rings. The maximum absolute atomic E-state index is 12.8. The fourth-order valence-corrected chi connectivity index (χ4v) is 3.92. The molecule has 30 heavy (non-hydrogen) atoms. The quantitative estimate of drug-likeness (QED) is 0.799. The molecule has 0 radical (unpaired) electrons. The van der Waals surface area contributed by atoms with Gasteiger partial charge in [0.15, 0.2) is 0 Å². The molecule has 2 aliphatic heterocycles. The number of aromatic nitrogens is 1. The zero-order chi connectivity index (χ0) is 21.1. The second-order valence-corrected chi connectivity index (χ2v) is 7.73. The molecule has 0 atom stereocenters. The summed E-state index contributed by atoms with van der Waals surface area (Å²) in [5.74, 6) is 1.06. The summed E-state index contributed by atoms with van der Waals surface area (Å²) in [6.45, 7) is 0.0655. The Bertz CT molecular complexity index is 930. The molecule has 1 amide bonds. The standard InChI is InChI=1S/C22H24F3N3O2/c23-22(24,25)14-28-13-17-12-19(7-4-15(17)5-8-20(28)29)30-11-9-18-6-3-16-2-1-10-26-21(16)27-18/h3-4,6-7,12H,1-2,5,8-11,13-14H2,(H,26,27). The molecule has 0 aliphatic carbocycles. The van der Waals surface area contributed by atoms with E-state index in [1.807, 2.05) is 18.2 Å². The van der Waals surface area contributed by atoms with Crippen LogP contribution in [0.3, 0.4) is 0 Å². The van der Waals surface area contributed by atoms with Crippen LogP contribution in [-0.4, -0.2) is 41.7 Å². The van der Waals surface area contributed by atoms with E-state index in [0.29, 0.717) is 30.8 Å². The molecule has 8 heteroatoms. The third-order valence-corrected chi connectivity index (χ3v) is 5.45. The number of amides is 1. The van der Waals surface area contributed by atoms with Crippen molar-refractivity contribution < 1.29 is 22.7 Å². The molecule has 0 saturated heterocycles. The third-order valence-electron chi connectivity index (χ3n) is 5.45. The van der Waals surface area contributed by atoms with Gasteiger partial charge in [-0.2, -0.15) is 13.2 Å².